The van der Waals surface area contributed by atoms with E-state index in [-0.39, 0.29) is 30.5 Å². The molecule has 0 saturated carbocycles. The molecule has 0 aromatic heterocycles. The van der Waals surface area contributed by atoms with Crippen molar-refractivity contribution in [3.8, 4) is 0 Å². The van der Waals surface area contributed by atoms with Gasteiger partial charge in [0.15, 0.2) is 6.29 Å². The molecular formula is C30H58N2O9. The Bertz CT molecular complexity index is 826. The van der Waals surface area contributed by atoms with Gasteiger partial charge in [0.2, 0.25) is 0 Å². The molecule has 0 aromatic rings. The van der Waals surface area contributed by atoms with Gasteiger partial charge in [-0.25, -0.2) is 0 Å². The van der Waals surface area contributed by atoms with Crippen molar-refractivity contribution in [1.29, 1.82) is 0 Å². The van der Waals surface area contributed by atoms with Gasteiger partial charge in [0.25, 0.3) is 0 Å². The Labute approximate surface area is 246 Å². The monoisotopic (exact) mass is 590 g/mol. The number of ether oxygens (including phenoxy) is 4. The van der Waals surface area contributed by atoms with E-state index in [0.29, 0.717) is 19.4 Å². The summed E-state index contributed by atoms with van der Waals surface area (Å²) >= 11 is 0. The third-order valence-electron chi connectivity index (χ3n) is 9.19. The van der Waals surface area contributed by atoms with Crippen LogP contribution in [0.5, 0.6) is 0 Å². The maximum Gasteiger partial charge on any atom is 0.311 e. The maximum absolute atomic E-state index is 13.3. The van der Waals surface area contributed by atoms with Gasteiger partial charge in [-0.05, 0) is 80.4 Å². The molecule has 14 atom stereocenters. The number of methoxy groups -OCH3 is 1. The summed E-state index contributed by atoms with van der Waals surface area (Å²) < 4.78 is 23.9. The van der Waals surface area contributed by atoms with Crippen LogP contribution >= 0.6 is 0 Å². The molecule has 2 heterocycles. The molecule has 0 radical (unpaired) electrons. The van der Waals surface area contributed by atoms with Crippen LogP contribution in [0.25, 0.3) is 0 Å². The molecule has 0 bridgehead atoms. The topological polar surface area (TPSA) is 150 Å². The number of likely N-dealkylation sites (N-methyl/N-ethyl adjacent to an activating group) is 1. The van der Waals surface area contributed by atoms with Crippen molar-refractivity contribution in [1.82, 2.24) is 10.2 Å². The van der Waals surface area contributed by atoms with E-state index in [4.69, 9.17) is 18.9 Å². The molecule has 41 heavy (non-hydrogen) atoms. The second-order valence-electron chi connectivity index (χ2n) is 13.3. The highest BCUT2D eigenvalue weighted by atomic mass is 16.7. The number of nitrogens with zero attached hydrogens (tertiary/aromatic N) is 1. The number of esters is 1. The van der Waals surface area contributed by atoms with E-state index in [1.807, 2.05) is 46.7 Å². The molecule has 0 amide bonds. The van der Waals surface area contributed by atoms with Crippen LogP contribution in [-0.4, -0.2) is 125 Å². The summed E-state index contributed by atoms with van der Waals surface area (Å²) in [5.74, 6) is -2.49. The lowest BCUT2D eigenvalue weighted by Gasteiger charge is -2.46. The van der Waals surface area contributed by atoms with E-state index in [0.717, 1.165) is 0 Å². The third-order valence-corrected chi connectivity index (χ3v) is 9.19. The minimum atomic E-state index is -1.52. The zero-order valence-corrected chi connectivity index (χ0v) is 27.0. The first-order chi connectivity index (χ1) is 18.9. The van der Waals surface area contributed by atoms with Gasteiger partial charge in [0.1, 0.15) is 23.9 Å². The van der Waals surface area contributed by atoms with Crippen molar-refractivity contribution in [2.24, 2.45) is 17.8 Å². The molecule has 11 heteroatoms. The third kappa shape index (κ3) is 8.61. The average Bonchev–Trinajstić information content (AvgIpc) is 2.88. The number of aliphatic hydroxyl groups excluding tert-OH is 2. The van der Waals surface area contributed by atoms with Crippen LogP contribution in [-0.2, 0) is 23.7 Å². The van der Waals surface area contributed by atoms with Crippen LogP contribution in [0.1, 0.15) is 74.7 Å². The van der Waals surface area contributed by atoms with Gasteiger partial charge in [-0.2, -0.15) is 0 Å². The highest BCUT2D eigenvalue weighted by Gasteiger charge is 2.49. The summed E-state index contributed by atoms with van der Waals surface area (Å²) in [6, 6.07) is -0.535. The second-order valence-corrected chi connectivity index (χ2v) is 13.3. The van der Waals surface area contributed by atoms with Gasteiger partial charge in [0.05, 0.1) is 29.8 Å². The number of carbonyl (C=O) groups is 1. The number of rotatable bonds is 5. The zero-order valence-electron chi connectivity index (χ0n) is 27.0. The van der Waals surface area contributed by atoms with Crippen molar-refractivity contribution in [3.05, 3.63) is 0 Å². The fourth-order valence-corrected chi connectivity index (χ4v) is 6.79. The molecule has 2 saturated heterocycles. The zero-order chi connectivity index (χ0) is 31.4. The van der Waals surface area contributed by atoms with Crippen molar-refractivity contribution >= 4 is 5.97 Å². The van der Waals surface area contributed by atoms with E-state index < -0.39 is 65.8 Å². The number of hydrogen-bond acceptors (Lipinski definition) is 11. The summed E-state index contributed by atoms with van der Waals surface area (Å²) in [5.41, 5.74) is -2.99. The number of hydrogen-bond donors (Lipinski definition) is 5. The number of carbonyl (C=O) groups excluding carboxylic acids is 1. The smallest absolute Gasteiger partial charge is 0.311 e. The van der Waals surface area contributed by atoms with Crippen molar-refractivity contribution in [2.75, 3.05) is 27.7 Å². The Balaban J connectivity index is 2.50. The molecule has 5 N–H and O–H groups in total. The Hall–Kier alpha value is -0.890. The molecule has 0 aromatic carbocycles. The quantitative estimate of drug-likeness (QED) is 0.295. The van der Waals surface area contributed by atoms with Crippen LogP contribution in [0.2, 0.25) is 0 Å². The standard InChI is InChI=1S/C30H58N2O9/c1-12-22-30(8,37)26(38-11)20(6)31-15-16(2)14-29(7,36)25(18(4)23(33)19(5)27(35)40-22)41-28-24(34)21(32(9)10)13-17(3)39-28/h16-26,28,31,33-34,36-37H,12-15H2,1-11H3/t16-,17-,18+,19-,20+,21+,22-,23+,24-,25-,26-,28+,29-,30-/m1/s1. The van der Waals surface area contributed by atoms with Crippen LogP contribution in [0.4, 0.5) is 0 Å². The predicted molar refractivity (Wildman–Crippen MR) is 155 cm³/mol. The van der Waals surface area contributed by atoms with Crippen LogP contribution in [0.15, 0.2) is 0 Å². The van der Waals surface area contributed by atoms with Crippen molar-refractivity contribution < 1.29 is 44.2 Å². The lowest BCUT2D eigenvalue weighted by Crippen LogP contribution is -2.59. The van der Waals surface area contributed by atoms with E-state index in [1.54, 1.807) is 27.7 Å². The van der Waals surface area contributed by atoms with Crippen LogP contribution in [0, 0.1) is 17.8 Å². The lowest BCUT2D eigenvalue weighted by molar-refractivity contribution is -0.299. The summed E-state index contributed by atoms with van der Waals surface area (Å²) in [7, 11) is 5.27. The number of nitrogens with one attached hydrogen (secondary N) is 1. The Kier molecular flexibility index (Phi) is 13.0. The lowest BCUT2D eigenvalue weighted by atomic mass is 9.78. The van der Waals surface area contributed by atoms with Gasteiger partial charge in [0, 0.05) is 25.1 Å². The van der Waals surface area contributed by atoms with Crippen LogP contribution < -0.4 is 5.32 Å². The average molecular weight is 591 g/mol. The molecule has 0 aliphatic carbocycles. The first-order valence-corrected chi connectivity index (χ1v) is 15.1. The molecule has 2 aliphatic heterocycles. The van der Waals surface area contributed by atoms with Gasteiger partial charge in [-0.3, -0.25) is 4.79 Å². The first-order valence-electron chi connectivity index (χ1n) is 15.1. The van der Waals surface area contributed by atoms with E-state index in [2.05, 4.69) is 5.32 Å². The molecular weight excluding hydrogens is 532 g/mol. The predicted octanol–water partition coefficient (Wildman–Crippen LogP) is 1.29. The molecule has 2 rings (SSSR count). The largest absolute Gasteiger partial charge is 0.459 e. The van der Waals surface area contributed by atoms with Crippen molar-refractivity contribution in [2.45, 2.75) is 141 Å². The highest BCUT2D eigenvalue weighted by Crippen LogP contribution is 2.36. The van der Waals surface area contributed by atoms with E-state index >= 15 is 0 Å². The second kappa shape index (κ2) is 14.7. The molecule has 0 spiro atoms. The molecule has 2 fully saturated rings. The van der Waals surface area contributed by atoms with Gasteiger partial charge in [-0.15, -0.1) is 0 Å². The minimum Gasteiger partial charge on any atom is -0.459 e. The molecule has 242 valence electrons. The fraction of sp³-hybridized carbons (Fsp3) is 0.967. The minimum absolute atomic E-state index is 0.0570. The SMILES string of the molecule is CC[C@H]1OC(=O)[C@H](C)[C@@H](O)[C@H](C)[C@@H](O[C@@H]2O[C@H](C)C[C@H](N(C)C)[C@H]2O)[C@](C)(O)C[C@@H](C)CN[C@@H](C)[C@@H](OC)[C@]1(C)O. The van der Waals surface area contributed by atoms with E-state index in [9.17, 15) is 25.2 Å². The number of cyclic esters (lactones) is 1. The maximum atomic E-state index is 13.3. The highest BCUT2D eigenvalue weighted by molar-refractivity contribution is 5.73. The fourth-order valence-electron chi connectivity index (χ4n) is 6.79. The van der Waals surface area contributed by atoms with Gasteiger partial charge >= 0.3 is 5.97 Å². The number of aliphatic hydroxyl groups is 4. The molecule has 0 unspecified atom stereocenters. The Morgan fingerprint density at radius 2 is 1.66 bits per heavy atom. The van der Waals surface area contributed by atoms with E-state index in [1.165, 1.54) is 7.11 Å². The summed E-state index contributed by atoms with van der Waals surface area (Å²) in [6.45, 7) is 14.6. The normalized spacial score (nSPS) is 47.9. The van der Waals surface area contributed by atoms with Crippen molar-refractivity contribution in [3.63, 3.8) is 0 Å². The molecule has 2 aliphatic rings. The summed E-state index contributed by atoms with van der Waals surface area (Å²) in [6.07, 6.45) is -4.85. The Morgan fingerprint density at radius 1 is 1.05 bits per heavy atom. The molecule has 11 nitrogen and oxygen atoms in total. The summed E-state index contributed by atoms with van der Waals surface area (Å²) in [4.78, 5) is 15.3. The Morgan fingerprint density at radius 3 is 2.20 bits per heavy atom. The summed E-state index contributed by atoms with van der Waals surface area (Å²) in [5, 5.41) is 49.5. The van der Waals surface area contributed by atoms with Gasteiger partial charge < -0.3 is 49.6 Å². The van der Waals surface area contributed by atoms with Crippen LogP contribution in [0.3, 0.4) is 0 Å². The van der Waals surface area contributed by atoms with Gasteiger partial charge in [-0.1, -0.05) is 20.8 Å². The first kappa shape index (κ1) is 36.3.